The van der Waals surface area contributed by atoms with Crippen LogP contribution in [0.3, 0.4) is 0 Å². The standard InChI is InChI=1S/C10H16O6.I2/c1-7(11)4-10(13)16-6-9(14-3)5-15-8(2)12;1-2/h9H,4-6H2,1-3H3;. The Morgan fingerprint density at radius 3 is 1.94 bits per heavy atom. The number of esters is 2. The molecule has 6 nitrogen and oxygen atoms in total. The number of Topliss-reactive ketones (excluding diaryl/α,β-unsaturated/α-hetero) is 1. The zero-order chi connectivity index (χ0) is 14.6. The number of carbonyl (C=O) groups excluding carboxylic acids is 3. The molecule has 0 rings (SSSR count). The van der Waals surface area contributed by atoms with Crippen LogP contribution in [0.15, 0.2) is 0 Å². The van der Waals surface area contributed by atoms with Gasteiger partial charge >= 0.3 is 11.9 Å². The first-order chi connectivity index (χ1) is 8.45. The smallest absolute Gasteiger partial charge is 0.313 e. The van der Waals surface area contributed by atoms with Crippen LogP contribution in [-0.4, -0.2) is 44.1 Å². The summed E-state index contributed by atoms with van der Waals surface area (Å²) in [5.74, 6) is -1.31. The lowest BCUT2D eigenvalue weighted by Gasteiger charge is -2.14. The second kappa shape index (κ2) is 13.5. The van der Waals surface area contributed by atoms with Gasteiger partial charge in [0, 0.05) is 51.3 Å². The first kappa shape index (κ1) is 20.3. The number of carbonyl (C=O) groups is 3. The van der Waals surface area contributed by atoms with Gasteiger partial charge in [0.1, 0.15) is 31.5 Å². The van der Waals surface area contributed by atoms with Crippen molar-refractivity contribution >= 4 is 55.0 Å². The maximum Gasteiger partial charge on any atom is 0.313 e. The molecule has 8 heteroatoms. The molecule has 0 aromatic carbocycles. The van der Waals surface area contributed by atoms with E-state index >= 15 is 0 Å². The third-order valence-corrected chi connectivity index (χ3v) is 1.63. The molecule has 0 aliphatic carbocycles. The number of methoxy groups -OCH3 is 1. The summed E-state index contributed by atoms with van der Waals surface area (Å²) in [5, 5.41) is 0. The summed E-state index contributed by atoms with van der Waals surface area (Å²) in [6.07, 6.45) is -0.774. The molecule has 0 saturated heterocycles. The molecule has 0 aromatic heterocycles. The Labute approximate surface area is 129 Å². The Hall–Kier alpha value is 0.0300. The van der Waals surface area contributed by atoms with Gasteiger partial charge in [0.15, 0.2) is 0 Å². The second-order valence-electron chi connectivity index (χ2n) is 3.22. The Morgan fingerprint density at radius 1 is 1.06 bits per heavy atom. The van der Waals surface area contributed by atoms with Crippen LogP contribution in [0.4, 0.5) is 0 Å². The number of hydrogen-bond donors (Lipinski definition) is 0. The number of hydrogen-bond acceptors (Lipinski definition) is 6. The average molecular weight is 486 g/mol. The highest BCUT2D eigenvalue weighted by Crippen LogP contribution is 1.96. The monoisotopic (exact) mass is 486 g/mol. The van der Waals surface area contributed by atoms with Crippen LogP contribution in [0.25, 0.3) is 0 Å². The Kier molecular flexibility index (Phi) is 15.2. The fourth-order valence-electron chi connectivity index (χ4n) is 0.835. The van der Waals surface area contributed by atoms with Gasteiger partial charge in [-0.05, 0) is 6.92 Å². The molecule has 0 aliphatic rings. The highest BCUT2D eigenvalue weighted by atomic mass is 128. The third-order valence-electron chi connectivity index (χ3n) is 1.63. The van der Waals surface area contributed by atoms with Gasteiger partial charge in [-0.3, -0.25) is 14.4 Å². The number of halogens is 2. The van der Waals surface area contributed by atoms with E-state index in [0.717, 1.165) is 0 Å². The summed E-state index contributed by atoms with van der Waals surface area (Å²) < 4.78 is 14.4. The van der Waals surface area contributed by atoms with Crippen molar-refractivity contribution in [2.75, 3.05) is 20.3 Å². The van der Waals surface area contributed by atoms with E-state index < -0.39 is 18.0 Å². The minimum Gasteiger partial charge on any atom is -0.463 e. The lowest BCUT2D eigenvalue weighted by Crippen LogP contribution is -2.27. The van der Waals surface area contributed by atoms with Gasteiger partial charge in [-0.1, -0.05) is 0 Å². The van der Waals surface area contributed by atoms with E-state index in [-0.39, 0.29) is 25.4 Å². The van der Waals surface area contributed by atoms with E-state index in [4.69, 9.17) is 9.47 Å². The summed E-state index contributed by atoms with van der Waals surface area (Å²) in [6.45, 7) is 2.54. The van der Waals surface area contributed by atoms with Gasteiger partial charge in [-0.2, -0.15) is 0 Å². The molecular weight excluding hydrogens is 470 g/mol. The molecule has 0 radical (unpaired) electrons. The van der Waals surface area contributed by atoms with Crippen LogP contribution in [0.1, 0.15) is 20.3 Å². The molecule has 0 heterocycles. The lowest BCUT2D eigenvalue weighted by atomic mass is 10.3. The zero-order valence-electron chi connectivity index (χ0n) is 10.4. The molecule has 0 aliphatic heterocycles. The molecule has 0 spiro atoms. The summed E-state index contributed by atoms with van der Waals surface area (Å²) in [6, 6.07) is 0. The topological polar surface area (TPSA) is 78.9 Å². The SMILES string of the molecule is COC(COC(C)=O)COC(=O)CC(C)=O.II. The maximum absolute atomic E-state index is 11.0. The lowest BCUT2D eigenvalue weighted by molar-refractivity contribution is -0.153. The van der Waals surface area contributed by atoms with Gasteiger partial charge in [0.2, 0.25) is 0 Å². The number of rotatable bonds is 7. The van der Waals surface area contributed by atoms with Crippen molar-refractivity contribution in [1.29, 1.82) is 0 Å². The molecule has 0 bridgehead atoms. The molecule has 0 aromatic rings. The van der Waals surface area contributed by atoms with Gasteiger partial charge < -0.3 is 14.2 Å². The fraction of sp³-hybridized carbons (Fsp3) is 0.700. The third kappa shape index (κ3) is 14.1. The van der Waals surface area contributed by atoms with Gasteiger partial charge in [0.05, 0.1) is 0 Å². The fourth-order valence-corrected chi connectivity index (χ4v) is 0.835. The Bertz CT molecular complexity index is 269. The van der Waals surface area contributed by atoms with Crippen molar-refractivity contribution in [1.82, 2.24) is 0 Å². The molecule has 106 valence electrons. The van der Waals surface area contributed by atoms with E-state index in [1.165, 1.54) is 21.0 Å². The Balaban J connectivity index is 0. The molecule has 0 amide bonds. The highest BCUT2D eigenvalue weighted by molar-refractivity contribution is 15.0. The van der Waals surface area contributed by atoms with Crippen molar-refractivity contribution in [2.24, 2.45) is 0 Å². The van der Waals surface area contributed by atoms with E-state index in [1.807, 2.05) is 0 Å². The van der Waals surface area contributed by atoms with Crippen molar-refractivity contribution in [3.8, 4) is 0 Å². The Morgan fingerprint density at radius 2 is 1.56 bits per heavy atom. The molecule has 18 heavy (non-hydrogen) atoms. The molecule has 1 atom stereocenters. The molecule has 0 saturated carbocycles. The average Bonchev–Trinajstić information content (AvgIpc) is 2.30. The van der Waals surface area contributed by atoms with Gasteiger partial charge in [0.25, 0.3) is 0 Å². The zero-order valence-corrected chi connectivity index (χ0v) is 14.7. The van der Waals surface area contributed by atoms with Crippen molar-refractivity contribution < 1.29 is 28.6 Å². The van der Waals surface area contributed by atoms with Crippen LogP contribution in [0, 0.1) is 0 Å². The van der Waals surface area contributed by atoms with Crippen molar-refractivity contribution in [3.63, 3.8) is 0 Å². The minimum absolute atomic E-state index is 0.0131. The van der Waals surface area contributed by atoms with E-state index in [9.17, 15) is 14.4 Å². The molecule has 1 unspecified atom stereocenters. The number of ketones is 1. The first-order valence-corrected chi connectivity index (χ1v) is 11.2. The minimum atomic E-state index is -0.614. The van der Waals surface area contributed by atoms with Crippen molar-refractivity contribution in [2.45, 2.75) is 26.4 Å². The first-order valence-electron chi connectivity index (χ1n) is 4.91. The van der Waals surface area contributed by atoms with E-state index in [0.29, 0.717) is 0 Å². The molecular formula is C10H16I2O6. The summed E-state index contributed by atoms with van der Waals surface area (Å²) in [4.78, 5) is 32.1. The largest absolute Gasteiger partial charge is 0.463 e. The van der Waals surface area contributed by atoms with Crippen LogP contribution in [0.5, 0.6) is 0 Å². The summed E-state index contributed by atoms with van der Waals surface area (Å²) in [7, 11) is 1.41. The van der Waals surface area contributed by atoms with Crippen LogP contribution in [-0.2, 0) is 28.6 Å². The van der Waals surface area contributed by atoms with Crippen LogP contribution < -0.4 is 0 Å². The quantitative estimate of drug-likeness (QED) is 0.311. The van der Waals surface area contributed by atoms with Gasteiger partial charge in [-0.25, -0.2) is 0 Å². The second-order valence-corrected chi connectivity index (χ2v) is 3.22. The maximum atomic E-state index is 11.0. The van der Waals surface area contributed by atoms with E-state index in [1.54, 1.807) is 0 Å². The number of ether oxygens (including phenoxy) is 3. The van der Waals surface area contributed by atoms with E-state index in [2.05, 4.69) is 42.0 Å². The summed E-state index contributed by atoms with van der Waals surface area (Å²) in [5.41, 5.74) is 0. The predicted molar refractivity (Wildman–Crippen MR) is 81.7 cm³/mol. The van der Waals surface area contributed by atoms with Gasteiger partial charge in [-0.15, -0.1) is 0 Å². The predicted octanol–water partition coefficient (Wildman–Crippen LogP) is 1.86. The van der Waals surface area contributed by atoms with Crippen LogP contribution in [0.2, 0.25) is 0 Å². The highest BCUT2D eigenvalue weighted by Gasteiger charge is 2.13. The normalized spacial score (nSPS) is 10.7. The van der Waals surface area contributed by atoms with Crippen LogP contribution >= 0.6 is 37.2 Å². The molecule has 0 fully saturated rings. The van der Waals surface area contributed by atoms with Crippen molar-refractivity contribution in [3.05, 3.63) is 0 Å². The summed E-state index contributed by atoms with van der Waals surface area (Å²) >= 11 is 4.24. The molecule has 0 N–H and O–H groups in total.